The molecule has 0 saturated carbocycles. The second kappa shape index (κ2) is 10.7. The van der Waals surface area contributed by atoms with Gasteiger partial charge in [-0.05, 0) is 24.8 Å². The van der Waals surface area contributed by atoms with Crippen molar-refractivity contribution >= 4 is 0 Å². The molecule has 1 unspecified atom stereocenters. The molecule has 1 aliphatic heterocycles. The first-order valence-corrected chi connectivity index (χ1v) is 8.22. The molecule has 0 radical (unpaired) electrons. The molecule has 0 amide bonds. The highest BCUT2D eigenvalue weighted by atomic mass is 19.1. The fraction of sp³-hybridized carbons (Fsp3) is 0.667. The topological polar surface area (TPSA) is 31.2 Å². The van der Waals surface area contributed by atoms with Crippen LogP contribution in [0.25, 0.3) is 0 Å². The molecule has 1 fully saturated rings. The number of allylic oxidation sites excluding steroid dienone is 2. The second-order valence-electron chi connectivity index (χ2n) is 5.65. The molecule has 1 heterocycles. The normalized spacial score (nSPS) is 20.4. The van der Waals surface area contributed by atoms with Gasteiger partial charge in [0.25, 0.3) is 0 Å². The van der Waals surface area contributed by atoms with Crippen molar-refractivity contribution in [1.82, 2.24) is 5.32 Å². The molecule has 21 heavy (non-hydrogen) atoms. The molecule has 2 atom stereocenters. The van der Waals surface area contributed by atoms with E-state index in [0.717, 1.165) is 25.5 Å². The highest BCUT2D eigenvalue weighted by molar-refractivity contribution is 5.36. The third kappa shape index (κ3) is 7.58. The third-order valence-corrected chi connectivity index (χ3v) is 3.93. The Morgan fingerprint density at radius 3 is 2.76 bits per heavy atom. The van der Waals surface area contributed by atoms with Crippen LogP contribution in [-0.2, 0) is 4.74 Å². The van der Waals surface area contributed by atoms with E-state index in [0.29, 0.717) is 12.2 Å². The predicted molar refractivity (Wildman–Crippen MR) is 88.0 cm³/mol. The van der Waals surface area contributed by atoms with Gasteiger partial charge in [-0.2, -0.15) is 0 Å². The highest BCUT2D eigenvalue weighted by Crippen LogP contribution is 2.19. The lowest BCUT2D eigenvalue weighted by molar-refractivity contribution is 0.152. The van der Waals surface area contributed by atoms with E-state index in [1.165, 1.54) is 31.8 Å². The standard InChI is InChI=1S/C18H30FNO/c1-4-9-15(5-2)10-7-12-21-13-8-11-16(17(19)6-3)18-14-20-18/h6,8,11,15,18,20H,3-5,7,9-10,12-14H2,1-2H3/b11-8-,17-16-/t15?,18-/m1/s1. The van der Waals surface area contributed by atoms with Crippen LogP contribution < -0.4 is 5.32 Å². The first-order chi connectivity index (χ1) is 10.2. The van der Waals surface area contributed by atoms with Gasteiger partial charge >= 0.3 is 0 Å². The van der Waals surface area contributed by atoms with E-state index in [4.69, 9.17) is 4.74 Å². The second-order valence-corrected chi connectivity index (χ2v) is 5.65. The molecule has 1 aliphatic rings. The van der Waals surface area contributed by atoms with Crippen molar-refractivity contribution in [1.29, 1.82) is 0 Å². The van der Waals surface area contributed by atoms with Gasteiger partial charge in [-0.1, -0.05) is 51.8 Å². The van der Waals surface area contributed by atoms with Crippen LogP contribution in [0.5, 0.6) is 0 Å². The molecular formula is C18H30FNO. The maximum atomic E-state index is 13.5. The van der Waals surface area contributed by atoms with Crippen LogP contribution >= 0.6 is 0 Å². The lowest BCUT2D eigenvalue weighted by Gasteiger charge is -2.12. The molecule has 3 heteroatoms. The summed E-state index contributed by atoms with van der Waals surface area (Å²) in [5.74, 6) is 0.595. The van der Waals surface area contributed by atoms with Gasteiger partial charge in [-0.3, -0.25) is 0 Å². The summed E-state index contributed by atoms with van der Waals surface area (Å²) < 4.78 is 19.1. The van der Waals surface area contributed by atoms with Crippen molar-refractivity contribution < 1.29 is 9.13 Å². The lowest BCUT2D eigenvalue weighted by Crippen LogP contribution is -2.02. The molecular weight excluding hydrogens is 265 g/mol. The molecule has 1 rings (SSSR count). The molecule has 1 N–H and O–H groups in total. The summed E-state index contributed by atoms with van der Waals surface area (Å²) in [6, 6.07) is 0.151. The first-order valence-electron chi connectivity index (χ1n) is 8.22. The van der Waals surface area contributed by atoms with Gasteiger partial charge in [0.05, 0.1) is 6.61 Å². The Labute approximate surface area is 129 Å². The summed E-state index contributed by atoms with van der Waals surface area (Å²) >= 11 is 0. The molecule has 0 aromatic rings. The molecule has 0 aromatic carbocycles. The largest absolute Gasteiger partial charge is 0.377 e. The summed E-state index contributed by atoms with van der Waals surface area (Å²) in [7, 11) is 0. The van der Waals surface area contributed by atoms with E-state index in [2.05, 4.69) is 25.7 Å². The highest BCUT2D eigenvalue weighted by Gasteiger charge is 2.25. The minimum absolute atomic E-state index is 0.151. The predicted octanol–water partition coefficient (Wildman–Crippen LogP) is 4.55. The molecule has 120 valence electrons. The van der Waals surface area contributed by atoms with Gasteiger partial charge in [0.15, 0.2) is 0 Å². The number of hydrogen-bond donors (Lipinski definition) is 1. The average Bonchev–Trinajstić information content (AvgIpc) is 3.32. The monoisotopic (exact) mass is 295 g/mol. The molecule has 1 saturated heterocycles. The molecule has 0 bridgehead atoms. The Balaban J connectivity index is 2.15. The van der Waals surface area contributed by atoms with Crippen LogP contribution in [-0.4, -0.2) is 25.8 Å². The Morgan fingerprint density at radius 2 is 2.19 bits per heavy atom. The summed E-state index contributed by atoms with van der Waals surface area (Å²) in [5, 5.41) is 3.10. The Kier molecular flexibility index (Phi) is 9.27. The minimum atomic E-state index is -0.244. The zero-order chi connectivity index (χ0) is 15.5. The number of halogens is 1. The fourth-order valence-electron chi connectivity index (χ4n) is 2.52. The van der Waals surface area contributed by atoms with E-state index < -0.39 is 0 Å². The van der Waals surface area contributed by atoms with Gasteiger partial charge in [-0.25, -0.2) is 4.39 Å². The van der Waals surface area contributed by atoms with Gasteiger partial charge in [0.2, 0.25) is 0 Å². The van der Waals surface area contributed by atoms with Gasteiger partial charge in [-0.15, -0.1) is 0 Å². The third-order valence-electron chi connectivity index (χ3n) is 3.93. The van der Waals surface area contributed by atoms with E-state index in [1.807, 2.05) is 12.2 Å². The van der Waals surface area contributed by atoms with Gasteiger partial charge in [0, 0.05) is 24.8 Å². The Bertz CT molecular complexity index is 358. The maximum Gasteiger partial charge on any atom is 0.127 e. The Hall–Kier alpha value is -0.930. The molecule has 0 aromatic heterocycles. The summed E-state index contributed by atoms with van der Waals surface area (Å²) in [6.45, 7) is 10.2. The quantitative estimate of drug-likeness (QED) is 0.325. The molecule has 0 aliphatic carbocycles. The van der Waals surface area contributed by atoms with E-state index in [-0.39, 0.29) is 11.9 Å². The molecule has 0 spiro atoms. The summed E-state index contributed by atoms with van der Waals surface area (Å²) in [5.41, 5.74) is 0.683. The van der Waals surface area contributed by atoms with Crippen LogP contribution in [0.15, 0.2) is 36.2 Å². The van der Waals surface area contributed by atoms with E-state index in [9.17, 15) is 4.39 Å². The zero-order valence-corrected chi connectivity index (χ0v) is 13.5. The molecule has 2 nitrogen and oxygen atoms in total. The van der Waals surface area contributed by atoms with Crippen molar-refractivity contribution in [2.45, 2.75) is 52.0 Å². The zero-order valence-electron chi connectivity index (χ0n) is 13.5. The SMILES string of the molecule is C=C/C(F)=C(\C=C/COCCCC(CC)CCC)[C@H]1CN1. The van der Waals surface area contributed by atoms with E-state index in [1.54, 1.807) is 0 Å². The fourth-order valence-corrected chi connectivity index (χ4v) is 2.52. The summed E-state index contributed by atoms with van der Waals surface area (Å²) in [6.07, 6.45) is 11.2. The van der Waals surface area contributed by atoms with Crippen LogP contribution in [0.3, 0.4) is 0 Å². The van der Waals surface area contributed by atoms with Crippen LogP contribution in [0.4, 0.5) is 4.39 Å². The van der Waals surface area contributed by atoms with Gasteiger partial charge < -0.3 is 10.1 Å². The lowest BCUT2D eigenvalue weighted by atomic mass is 9.96. The van der Waals surface area contributed by atoms with Crippen LogP contribution in [0.2, 0.25) is 0 Å². The van der Waals surface area contributed by atoms with Crippen molar-refractivity contribution in [2.75, 3.05) is 19.8 Å². The van der Waals surface area contributed by atoms with Crippen LogP contribution in [0, 0.1) is 5.92 Å². The van der Waals surface area contributed by atoms with Crippen molar-refractivity contribution in [3.05, 3.63) is 36.2 Å². The number of ether oxygens (including phenoxy) is 1. The van der Waals surface area contributed by atoms with Crippen molar-refractivity contribution in [3.63, 3.8) is 0 Å². The Morgan fingerprint density at radius 1 is 1.43 bits per heavy atom. The number of nitrogens with one attached hydrogen (secondary N) is 1. The summed E-state index contributed by atoms with van der Waals surface area (Å²) in [4.78, 5) is 0. The average molecular weight is 295 g/mol. The number of rotatable bonds is 12. The maximum absolute atomic E-state index is 13.5. The minimum Gasteiger partial charge on any atom is -0.377 e. The number of hydrogen-bond acceptors (Lipinski definition) is 2. The van der Waals surface area contributed by atoms with Crippen LogP contribution in [0.1, 0.15) is 46.0 Å². The van der Waals surface area contributed by atoms with Crippen molar-refractivity contribution in [3.8, 4) is 0 Å². The van der Waals surface area contributed by atoms with Crippen molar-refractivity contribution in [2.24, 2.45) is 5.92 Å². The first kappa shape index (κ1) is 18.1. The van der Waals surface area contributed by atoms with Gasteiger partial charge in [0.1, 0.15) is 5.83 Å². The van der Waals surface area contributed by atoms with E-state index >= 15 is 0 Å². The smallest absolute Gasteiger partial charge is 0.127 e.